The van der Waals surface area contributed by atoms with Gasteiger partial charge in [0, 0.05) is 24.2 Å². The fourth-order valence-corrected chi connectivity index (χ4v) is 4.47. The highest BCUT2D eigenvalue weighted by molar-refractivity contribution is 6.05. The number of ether oxygens (including phenoxy) is 1. The van der Waals surface area contributed by atoms with Crippen LogP contribution in [0.25, 0.3) is 0 Å². The van der Waals surface area contributed by atoms with Gasteiger partial charge in [0.15, 0.2) is 5.60 Å². The first-order valence-electron chi connectivity index (χ1n) is 13.1. The highest BCUT2D eigenvalue weighted by Crippen LogP contribution is 2.38. The molecule has 1 aliphatic rings. The van der Waals surface area contributed by atoms with E-state index in [1.54, 1.807) is 72.8 Å². The largest absolute Gasteiger partial charge is 0.445 e. The number of para-hydroxylation sites is 1. The fraction of sp³-hybridized carbons (Fsp3) is 0.267. The quantitative estimate of drug-likeness (QED) is 0.208. The Morgan fingerprint density at radius 3 is 2.15 bits per heavy atom. The van der Waals surface area contributed by atoms with E-state index in [2.05, 4.69) is 21.3 Å². The van der Waals surface area contributed by atoms with Crippen LogP contribution in [-0.4, -0.2) is 52.2 Å². The number of aliphatic hydroxyl groups excluding tert-OH is 1. The molecule has 1 heterocycles. The molecule has 11 nitrogen and oxygen atoms in total. The normalized spacial score (nSPS) is 17.8. The van der Waals surface area contributed by atoms with Gasteiger partial charge in [-0.2, -0.15) is 0 Å². The van der Waals surface area contributed by atoms with Crippen LogP contribution in [0.2, 0.25) is 0 Å². The predicted octanol–water partition coefficient (Wildman–Crippen LogP) is 1.69. The molecule has 4 rings (SSSR count). The van der Waals surface area contributed by atoms with Crippen molar-refractivity contribution in [3.8, 4) is 0 Å². The van der Waals surface area contributed by atoms with E-state index in [4.69, 9.17) is 4.74 Å². The molecule has 0 aliphatic carbocycles. The Hall–Kier alpha value is -4.74. The summed E-state index contributed by atoms with van der Waals surface area (Å²) in [5, 5.41) is 31.8. The summed E-state index contributed by atoms with van der Waals surface area (Å²) in [5.74, 6) is -2.33. The number of carbonyl (C=O) groups is 4. The maximum atomic E-state index is 13.3. The molecular formula is C30H32N4O7. The molecule has 0 spiro atoms. The molecule has 41 heavy (non-hydrogen) atoms. The summed E-state index contributed by atoms with van der Waals surface area (Å²) in [6, 6.07) is 21.5. The van der Waals surface area contributed by atoms with Crippen molar-refractivity contribution in [2.75, 3.05) is 5.32 Å². The van der Waals surface area contributed by atoms with Crippen LogP contribution in [-0.2, 0) is 37.9 Å². The first kappa shape index (κ1) is 29.2. The Kier molecular flexibility index (Phi) is 9.33. The summed E-state index contributed by atoms with van der Waals surface area (Å²) in [6.07, 6.45) is -2.83. The van der Waals surface area contributed by atoms with Crippen LogP contribution in [0, 0.1) is 0 Å². The van der Waals surface area contributed by atoms with Gasteiger partial charge in [-0.15, -0.1) is 0 Å². The van der Waals surface area contributed by atoms with Crippen molar-refractivity contribution in [2.24, 2.45) is 0 Å². The average molecular weight is 561 g/mol. The number of aliphatic hydroxyl groups is 2. The second-order valence-electron chi connectivity index (χ2n) is 9.75. The number of amides is 4. The monoisotopic (exact) mass is 560 g/mol. The zero-order valence-corrected chi connectivity index (χ0v) is 22.4. The number of carbonyl (C=O) groups excluding carboxylic acids is 4. The average Bonchev–Trinajstić information content (AvgIpc) is 3.23. The molecule has 1 aliphatic heterocycles. The number of hydrogen-bond acceptors (Lipinski definition) is 7. The Labute approximate surface area is 236 Å². The lowest BCUT2D eigenvalue weighted by atomic mass is 9.88. The standard InChI is InChI=1S/C30H32N4O7/c1-19(35)25(34-29(39)41-18-21-12-6-3-7-13-21)27(37)32-24(26(36)31-17-20-10-4-2-5-11-20)16-30(40)22-14-8-9-15-23(22)33-28(30)38/h2-15,19,24-25,35,40H,16-18H2,1H3,(H,31,36)(H,32,37)(H,33,38)(H,34,39)/t19?,24-,25+,30+/m0/s1. The Bertz CT molecular complexity index is 1380. The molecule has 0 aromatic heterocycles. The second-order valence-corrected chi connectivity index (χ2v) is 9.75. The summed E-state index contributed by atoms with van der Waals surface area (Å²) in [7, 11) is 0. The molecule has 3 aromatic carbocycles. The molecule has 0 radical (unpaired) electrons. The van der Waals surface area contributed by atoms with E-state index < -0.39 is 54.0 Å². The molecule has 11 heteroatoms. The zero-order valence-electron chi connectivity index (χ0n) is 22.4. The van der Waals surface area contributed by atoms with E-state index in [1.165, 1.54) is 6.92 Å². The van der Waals surface area contributed by atoms with Crippen molar-refractivity contribution in [2.45, 2.75) is 50.3 Å². The molecular weight excluding hydrogens is 528 g/mol. The van der Waals surface area contributed by atoms with E-state index in [1.807, 2.05) is 12.1 Å². The minimum Gasteiger partial charge on any atom is -0.445 e. The van der Waals surface area contributed by atoms with Crippen molar-refractivity contribution in [1.82, 2.24) is 16.0 Å². The van der Waals surface area contributed by atoms with Crippen LogP contribution < -0.4 is 21.3 Å². The lowest BCUT2D eigenvalue weighted by Crippen LogP contribution is -2.58. The first-order valence-corrected chi connectivity index (χ1v) is 13.1. The predicted molar refractivity (Wildman–Crippen MR) is 149 cm³/mol. The lowest BCUT2D eigenvalue weighted by Gasteiger charge is -2.29. The van der Waals surface area contributed by atoms with E-state index in [9.17, 15) is 29.4 Å². The summed E-state index contributed by atoms with van der Waals surface area (Å²) in [5.41, 5.74) is 0.0350. The third-order valence-electron chi connectivity index (χ3n) is 6.69. The van der Waals surface area contributed by atoms with Crippen molar-refractivity contribution >= 4 is 29.5 Å². The van der Waals surface area contributed by atoms with Crippen LogP contribution in [0.4, 0.5) is 10.5 Å². The van der Waals surface area contributed by atoms with Crippen molar-refractivity contribution in [1.29, 1.82) is 0 Å². The number of rotatable bonds is 11. The summed E-state index contributed by atoms with van der Waals surface area (Å²) < 4.78 is 5.16. The van der Waals surface area contributed by atoms with E-state index in [0.717, 1.165) is 11.1 Å². The van der Waals surface area contributed by atoms with Crippen LogP contribution in [0.1, 0.15) is 30.0 Å². The molecule has 1 unspecified atom stereocenters. The van der Waals surface area contributed by atoms with Gasteiger partial charge in [-0.1, -0.05) is 78.9 Å². The minimum absolute atomic E-state index is 0.0626. The van der Waals surface area contributed by atoms with Gasteiger partial charge < -0.3 is 36.2 Å². The topological polar surface area (TPSA) is 166 Å². The van der Waals surface area contributed by atoms with Gasteiger partial charge in [-0.25, -0.2) is 4.79 Å². The smallest absolute Gasteiger partial charge is 0.408 e. The molecule has 3 aromatic rings. The molecule has 4 atom stereocenters. The summed E-state index contributed by atoms with van der Waals surface area (Å²) in [6.45, 7) is 1.35. The van der Waals surface area contributed by atoms with Gasteiger partial charge in [0.2, 0.25) is 11.8 Å². The number of nitrogens with one attached hydrogen (secondary N) is 4. The molecule has 0 bridgehead atoms. The van der Waals surface area contributed by atoms with Gasteiger partial charge in [-0.05, 0) is 24.1 Å². The molecule has 0 fully saturated rings. The molecule has 6 N–H and O–H groups in total. The maximum Gasteiger partial charge on any atom is 0.408 e. The molecule has 0 saturated carbocycles. The van der Waals surface area contributed by atoms with E-state index >= 15 is 0 Å². The highest BCUT2D eigenvalue weighted by Gasteiger charge is 2.48. The van der Waals surface area contributed by atoms with Crippen LogP contribution in [0.3, 0.4) is 0 Å². The lowest BCUT2D eigenvalue weighted by molar-refractivity contribution is -0.139. The third-order valence-corrected chi connectivity index (χ3v) is 6.69. The third kappa shape index (κ3) is 7.27. The van der Waals surface area contributed by atoms with Crippen molar-refractivity contribution in [3.05, 3.63) is 102 Å². The number of hydrogen-bond donors (Lipinski definition) is 6. The molecule has 0 saturated heterocycles. The van der Waals surface area contributed by atoms with Crippen molar-refractivity contribution in [3.63, 3.8) is 0 Å². The molecule has 214 valence electrons. The Balaban J connectivity index is 1.50. The highest BCUT2D eigenvalue weighted by atomic mass is 16.5. The van der Waals surface area contributed by atoms with Gasteiger partial charge in [-0.3, -0.25) is 14.4 Å². The van der Waals surface area contributed by atoms with Crippen molar-refractivity contribution < 1.29 is 34.1 Å². The SMILES string of the molecule is CC(O)[C@@H](NC(=O)OCc1ccccc1)C(=O)N[C@@H](C[C@]1(O)C(=O)Nc2ccccc21)C(=O)NCc1ccccc1. The van der Waals surface area contributed by atoms with Crippen LogP contribution in [0.15, 0.2) is 84.9 Å². The van der Waals surface area contributed by atoms with E-state index in [-0.39, 0.29) is 18.7 Å². The van der Waals surface area contributed by atoms with Crippen LogP contribution in [0.5, 0.6) is 0 Å². The minimum atomic E-state index is -2.12. The van der Waals surface area contributed by atoms with Crippen LogP contribution >= 0.6 is 0 Å². The Morgan fingerprint density at radius 2 is 1.49 bits per heavy atom. The number of anilines is 1. The number of benzene rings is 3. The zero-order chi connectivity index (χ0) is 29.4. The second kappa shape index (κ2) is 13.1. The summed E-state index contributed by atoms with van der Waals surface area (Å²) >= 11 is 0. The van der Waals surface area contributed by atoms with Gasteiger partial charge in [0.1, 0.15) is 18.7 Å². The fourth-order valence-electron chi connectivity index (χ4n) is 4.47. The number of alkyl carbamates (subject to hydrolysis) is 1. The summed E-state index contributed by atoms with van der Waals surface area (Å²) in [4.78, 5) is 51.9. The first-order chi connectivity index (χ1) is 19.7. The van der Waals surface area contributed by atoms with Gasteiger partial charge in [0.25, 0.3) is 5.91 Å². The van der Waals surface area contributed by atoms with E-state index in [0.29, 0.717) is 5.69 Å². The van der Waals surface area contributed by atoms with Gasteiger partial charge in [0.05, 0.1) is 6.10 Å². The Morgan fingerprint density at radius 1 is 0.878 bits per heavy atom. The number of fused-ring (bicyclic) bond motifs is 1. The molecule has 4 amide bonds. The maximum absolute atomic E-state index is 13.3. The van der Waals surface area contributed by atoms with Gasteiger partial charge >= 0.3 is 6.09 Å².